The van der Waals surface area contributed by atoms with Gasteiger partial charge in [0.1, 0.15) is 5.54 Å². The minimum absolute atomic E-state index is 0.347. The van der Waals surface area contributed by atoms with Crippen LogP contribution in [0.5, 0.6) is 0 Å². The van der Waals surface area contributed by atoms with E-state index in [0.29, 0.717) is 10.5 Å². The summed E-state index contributed by atoms with van der Waals surface area (Å²) in [4.78, 5) is 23.5. The van der Waals surface area contributed by atoms with Gasteiger partial charge >= 0.3 is 0 Å². The molecule has 16 heavy (non-hydrogen) atoms. The first-order chi connectivity index (χ1) is 7.33. The van der Waals surface area contributed by atoms with Gasteiger partial charge in [0.25, 0.3) is 5.91 Å². The molecule has 4 nitrogen and oxygen atoms in total. The highest BCUT2D eigenvalue weighted by atomic mass is 32.1. The summed E-state index contributed by atoms with van der Waals surface area (Å²) in [6.07, 6.45) is 0. The lowest BCUT2D eigenvalue weighted by atomic mass is 10.0. The molecule has 1 aromatic rings. The predicted octanol–water partition coefficient (Wildman–Crippen LogP) is 0.969. The van der Waals surface area contributed by atoms with Crippen molar-refractivity contribution < 1.29 is 9.59 Å². The minimum Gasteiger partial charge on any atom is -0.368 e. The molecular weight excluding hydrogens is 224 g/mol. The molecule has 0 spiro atoms. The van der Waals surface area contributed by atoms with Crippen LogP contribution in [0.4, 0.5) is 0 Å². The molecule has 3 N–H and O–H groups in total. The van der Waals surface area contributed by atoms with Crippen LogP contribution in [0.3, 0.4) is 0 Å². The zero-order valence-corrected chi connectivity index (χ0v) is 10.0. The van der Waals surface area contributed by atoms with Crippen LogP contribution in [-0.4, -0.2) is 17.4 Å². The number of rotatable bonds is 3. The van der Waals surface area contributed by atoms with E-state index in [-0.39, 0.29) is 5.91 Å². The standard InChI is InChI=1S/C11H14N2O2S/c1-11(2,10(12)15)13-9(14)7-4-3-5-8(16)6-7/h3-6,16H,1-2H3,(H2,12,15)(H,13,14). The summed E-state index contributed by atoms with van der Waals surface area (Å²) in [6.45, 7) is 3.11. The Bertz CT molecular complexity index is 430. The van der Waals surface area contributed by atoms with Crippen molar-refractivity contribution >= 4 is 24.4 Å². The first-order valence-corrected chi connectivity index (χ1v) is 5.19. The highest BCUT2D eigenvalue weighted by molar-refractivity contribution is 7.80. The number of carbonyl (C=O) groups is 2. The molecular formula is C11H14N2O2S. The lowest BCUT2D eigenvalue weighted by Gasteiger charge is -2.22. The summed E-state index contributed by atoms with van der Waals surface area (Å²) in [5.74, 6) is -0.928. The number of nitrogens with two attached hydrogens (primary N) is 1. The number of carbonyl (C=O) groups excluding carboxylic acids is 2. The lowest BCUT2D eigenvalue weighted by Crippen LogP contribution is -2.53. The molecule has 0 aromatic heterocycles. The molecule has 2 amide bonds. The third-order valence-corrected chi connectivity index (χ3v) is 2.43. The minimum atomic E-state index is -1.07. The van der Waals surface area contributed by atoms with Crippen molar-refractivity contribution in [2.24, 2.45) is 5.73 Å². The number of nitrogens with one attached hydrogen (secondary N) is 1. The highest BCUT2D eigenvalue weighted by Gasteiger charge is 2.27. The van der Waals surface area contributed by atoms with E-state index in [1.807, 2.05) is 0 Å². The smallest absolute Gasteiger partial charge is 0.252 e. The molecule has 0 saturated heterocycles. The Morgan fingerprint density at radius 3 is 2.50 bits per heavy atom. The molecule has 0 aliphatic carbocycles. The van der Waals surface area contributed by atoms with Crippen molar-refractivity contribution in [3.63, 3.8) is 0 Å². The fourth-order valence-corrected chi connectivity index (χ4v) is 1.29. The van der Waals surface area contributed by atoms with Gasteiger partial charge in [-0.3, -0.25) is 9.59 Å². The summed E-state index contributed by atoms with van der Waals surface area (Å²) in [5, 5.41) is 2.55. The van der Waals surface area contributed by atoms with Crippen molar-refractivity contribution in [2.75, 3.05) is 0 Å². The van der Waals surface area contributed by atoms with Crippen molar-refractivity contribution in [3.05, 3.63) is 29.8 Å². The molecule has 86 valence electrons. The zero-order valence-electron chi connectivity index (χ0n) is 9.15. The van der Waals surface area contributed by atoms with Crippen molar-refractivity contribution in [1.82, 2.24) is 5.32 Å². The van der Waals surface area contributed by atoms with E-state index in [1.54, 1.807) is 38.1 Å². The van der Waals surface area contributed by atoms with Crippen LogP contribution in [0.2, 0.25) is 0 Å². The van der Waals surface area contributed by atoms with E-state index in [1.165, 1.54) is 0 Å². The largest absolute Gasteiger partial charge is 0.368 e. The molecule has 0 radical (unpaired) electrons. The Morgan fingerprint density at radius 1 is 1.38 bits per heavy atom. The Morgan fingerprint density at radius 2 is 2.00 bits per heavy atom. The van der Waals surface area contributed by atoms with Gasteiger partial charge < -0.3 is 11.1 Å². The van der Waals surface area contributed by atoms with Gasteiger partial charge in [0.15, 0.2) is 0 Å². The van der Waals surface area contributed by atoms with E-state index in [0.717, 1.165) is 0 Å². The maximum absolute atomic E-state index is 11.8. The average molecular weight is 238 g/mol. The summed E-state index contributed by atoms with van der Waals surface area (Å²) in [5.41, 5.74) is 4.54. The molecule has 1 rings (SSSR count). The first kappa shape index (κ1) is 12.6. The number of primary amides is 1. The monoisotopic (exact) mass is 238 g/mol. The molecule has 0 atom stereocenters. The molecule has 0 bridgehead atoms. The van der Waals surface area contributed by atoms with Gasteiger partial charge in [0, 0.05) is 10.5 Å². The van der Waals surface area contributed by atoms with E-state index in [4.69, 9.17) is 5.73 Å². The number of amides is 2. The molecule has 0 aliphatic heterocycles. The van der Waals surface area contributed by atoms with Crippen molar-refractivity contribution in [1.29, 1.82) is 0 Å². The van der Waals surface area contributed by atoms with E-state index >= 15 is 0 Å². The summed E-state index contributed by atoms with van der Waals surface area (Å²) >= 11 is 4.13. The van der Waals surface area contributed by atoms with Crippen LogP contribution in [0, 0.1) is 0 Å². The third kappa shape index (κ3) is 3.00. The maximum Gasteiger partial charge on any atom is 0.252 e. The summed E-state index contributed by atoms with van der Waals surface area (Å²) in [7, 11) is 0. The number of benzene rings is 1. The second-order valence-electron chi connectivity index (χ2n) is 3.99. The van der Waals surface area contributed by atoms with Crippen LogP contribution in [0.25, 0.3) is 0 Å². The van der Waals surface area contributed by atoms with Crippen LogP contribution in [0.15, 0.2) is 29.2 Å². The molecule has 1 aromatic carbocycles. The molecule has 0 aliphatic rings. The van der Waals surface area contributed by atoms with Crippen LogP contribution in [0.1, 0.15) is 24.2 Å². The van der Waals surface area contributed by atoms with E-state index in [9.17, 15) is 9.59 Å². The Labute approximate surface area is 99.6 Å². The predicted molar refractivity (Wildman–Crippen MR) is 64.4 cm³/mol. The fraction of sp³-hybridized carbons (Fsp3) is 0.273. The highest BCUT2D eigenvalue weighted by Crippen LogP contribution is 2.10. The van der Waals surface area contributed by atoms with Crippen molar-refractivity contribution in [3.8, 4) is 0 Å². The van der Waals surface area contributed by atoms with Gasteiger partial charge in [-0.05, 0) is 32.0 Å². The second kappa shape index (κ2) is 4.57. The normalized spacial score (nSPS) is 10.9. The van der Waals surface area contributed by atoms with E-state index < -0.39 is 11.4 Å². The van der Waals surface area contributed by atoms with Crippen LogP contribution >= 0.6 is 12.6 Å². The van der Waals surface area contributed by atoms with Crippen LogP contribution in [-0.2, 0) is 4.79 Å². The first-order valence-electron chi connectivity index (χ1n) is 4.74. The SMILES string of the molecule is CC(C)(NC(=O)c1cccc(S)c1)C(N)=O. The van der Waals surface area contributed by atoms with Crippen molar-refractivity contribution in [2.45, 2.75) is 24.3 Å². The maximum atomic E-state index is 11.8. The average Bonchev–Trinajstić information content (AvgIpc) is 2.16. The van der Waals surface area contributed by atoms with Gasteiger partial charge in [0.2, 0.25) is 5.91 Å². The second-order valence-corrected chi connectivity index (χ2v) is 4.51. The fourth-order valence-electron chi connectivity index (χ4n) is 1.06. The summed E-state index contributed by atoms with van der Waals surface area (Å²) in [6, 6.07) is 6.75. The third-order valence-electron chi connectivity index (χ3n) is 2.15. The zero-order chi connectivity index (χ0) is 12.3. The van der Waals surface area contributed by atoms with Gasteiger partial charge in [-0.15, -0.1) is 12.6 Å². The van der Waals surface area contributed by atoms with Gasteiger partial charge in [-0.1, -0.05) is 6.07 Å². The topological polar surface area (TPSA) is 72.2 Å². The van der Waals surface area contributed by atoms with Gasteiger partial charge in [-0.25, -0.2) is 0 Å². The van der Waals surface area contributed by atoms with Gasteiger partial charge in [0.05, 0.1) is 0 Å². The molecule has 0 saturated carbocycles. The number of hydrogen-bond donors (Lipinski definition) is 3. The van der Waals surface area contributed by atoms with Crippen LogP contribution < -0.4 is 11.1 Å². The Kier molecular flexibility index (Phi) is 3.59. The lowest BCUT2D eigenvalue weighted by molar-refractivity contribution is -0.122. The Balaban J connectivity index is 2.85. The summed E-state index contributed by atoms with van der Waals surface area (Å²) < 4.78 is 0. The van der Waals surface area contributed by atoms with E-state index in [2.05, 4.69) is 17.9 Å². The molecule has 5 heteroatoms. The molecule has 0 unspecified atom stereocenters. The Hall–Kier alpha value is -1.49. The van der Waals surface area contributed by atoms with Gasteiger partial charge in [-0.2, -0.15) is 0 Å². The number of hydrogen-bond acceptors (Lipinski definition) is 3. The number of thiol groups is 1. The quantitative estimate of drug-likeness (QED) is 0.687. The molecule has 0 fully saturated rings. The molecule has 0 heterocycles.